The van der Waals surface area contributed by atoms with E-state index in [2.05, 4.69) is 34.5 Å². The highest BCUT2D eigenvalue weighted by atomic mass is 16.4. The maximum atomic E-state index is 8.69. The van der Waals surface area contributed by atoms with Crippen molar-refractivity contribution >= 4 is 5.84 Å². The molecule has 4 N–H and O–H groups in total. The zero-order chi connectivity index (χ0) is 15.1. The van der Waals surface area contributed by atoms with Gasteiger partial charge in [0, 0.05) is 18.8 Å². The number of pyridine rings is 1. The number of nitrogens with one attached hydrogen (secondary N) is 1. The van der Waals surface area contributed by atoms with Gasteiger partial charge < -0.3 is 16.3 Å². The minimum Gasteiger partial charge on any atom is -0.409 e. The van der Waals surface area contributed by atoms with Crippen LogP contribution in [0.5, 0.6) is 0 Å². The third-order valence-corrected chi connectivity index (χ3v) is 3.36. The van der Waals surface area contributed by atoms with Crippen LogP contribution in [0.4, 0.5) is 0 Å². The first-order valence-corrected chi connectivity index (χ1v) is 6.95. The van der Waals surface area contributed by atoms with Crippen molar-refractivity contribution in [2.75, 3.05) is 0 Å². The van der Waals surface area contributed by atoms with Crippen molar-refractivity contribution in [1.29, 1.82) is 0 Å². The lowest BCUT2D eigenvalue weighted by molar-refractivity contribution is 0.318. The Bertz CT molecular complexity index is 598. The minimum atomic E-state index is 0.0203. The van der Waals surface area contributed by atoms with Crippen LogP contribution in [-0.2, 0) is 6.54 Å². The number of benzene rings is 1. The molecule has 0 spiro atoms. The minimum absolute atomic E-state index is 0.0203. The molecule has 1 aromatic carbocycles. The van der Waals surface area contributed by atoms with Crippen molar-refractivity contribution < 1.29 is 5.21 Å². The second-order valence-electron chi connectivity index (χ2n) is 4.79. The first-order valence-electron chi connectivity index (χ1n) is 6.95. The van der Waals surface area contributed by atoms with Crippen molar-refractivity contribution in [3.8, 4) is 0 Å². The summed E-state index contributed by atoms with van der Waals surface area (Å²) in [6.07, 6.45) is 2.66. The average Bonchev–Trinajstić information content (AvgIpc) is 2.56. The third kappa shape index (κ3) is 4.03. The van der Waals surface area contributed by atoms with Crippen LogP contribution in [0.15, 0.2) is 53.8 Å². The maximum Gasteiger partial charge on any atom is 0.188 e. The first-order chi connectivity index (χ1) is 10.2. The van der Waals surface area contributed by atoms with E-state index in [0.717, 1.165) is 12.0 Å². The summed E-state index contributed by atoms with van der Waals surface area (Å²) in [5.74, 6) is 0.0203. The molecule has 1 atom stereocenters. The predicted molar refractivity (Wildman–Crippen MR) is 83.1 cm³/mol. The fourth-order valence-corrected chi connectivity index (χ4v) is 2.20. The Morgan fingerprint density at radius 1 is 1.33 bits per heavy atom. The van der Waals surface area contributed by atoms with Gasteiger partial charge in [0.25, 0.3) is 0 Å². The zero-order valence-corrected chi connectivity index (χ0v) is 12.0. The van der Waals surface area contributed by atoms with E-state index in [4.69, 9.17) is 10.9 Å². The molecule has 5 nitrogen and oxygen atoms in total. The second kappa shape index (κ2) is 7.40. The Kier molecular flexibility index (Phi) is 5.29. The maximum absolute atomic E-state index is 8.69. The van der Waals surface area contributed by atoms with Gasteiger partial charge >= 0.3 is 0 Å². The van der Waals surface area contributed by atoms with Crippen LogP contribution in [-0.4, -0.2) is 16.0 Å². The summed E-state index contributed by atoms with van der Waals surface area (Å²) < 4.78 is 0. The van der Waals surface area contributed by atoms with Gasteiger partial charge in [0.2, 0.25) is 0 Å². The number of hydrogen-bond donors (Lipinski definition) is 3. The van der Waals surface area contributed by atoms with E-state index in [1.165, 1.54) is 5.56 Å². The van der Waals surface area contributed by atoms with Crippen molar-refractivity contribution in [1.82, 2.24) is 10.3 Å². The highest BCUT2D eigenvalue weighted by Crippen LogP contribution is 2.16. The molecule has 0 saturated heterocycles. The lowest BCUT2D eigenvalue weighted by atomic mass is 10.0. The van der Waals surface area contributed by atoms with Crippen LogP contribution in [0.3, 0.4) is 0 Å². The van der Waals surface area contributed by atoms with E-state index in [-0.39, 0.29) is 5.84 Å². The molecule has 2 aromatic rings. The van der Waals surface area contributed by atoms with Crippen LogP contribution in [0.2, 0.25) is 0 Å². The molecule has 1 heterocycles. The van der Waals surface area contributed by atoms with Crippen LogP contribution < -0.4 is 11.1 Å². The molecule has 1 aromatic heterocycles. The molecule has 21 heavy (non-hydrogen) atoms. The fourth-order valence-electron chi connectivity index (χ4n) is 2.20. The number of nitrogens with zero attached hydrogens (tertiary/aromatic N) is 2. The van der Waals surface area contributed by atoms with E-state index in [1.807, 2.05) is 30.3 Å². The predicted octanol–water partition coefficient (Wildman–Crippen LogP) is 2.42. The van der Waals surface area contributed by atoms with E-state index in [1.54, 1.807) is 6.20 Å². The monoisotopic (exact) mass is 284 g/mol. The van der Waals surface area contributed by atoms with E-state index in [9.17, 15) is 0 Å². The summed E-state index contributed by atoms with van der Waals surface area (Å²) in [4.78, 5) is 4.07. The molecule has 0 aliphatic carbocycles. The Balaban J connectivity index is 2.05. The third-order valence-electron chi connectivity index (χ3n) is 3.36. The smallest absolute Gasteiger partial charge is 0.188 e. The van der Waals surface area contributed by atoms with Gasteiger partial charge in [0.1, 0.15) is 5.69 Å². The van der Waals surface area contributed by atoms with Gasteiger partial charge in [-0.15, -0.1) is 0 Å². The molecule has 0 fully saturated rings. The van der Waals surface area contributed by atoms with Gasteiger partial charge in [-0.05, 0) is 29.7 Å². The summed E-state index contributed by atoms with van der Waals surface area (Å²) in [5, 5.41) is 15.2. The van der Waals surface area contributed by atoms with Gasteiger partial charge in [-0.2, -0.15) is 0 Å². The Labute approximate surface area is 124 Å². The summed E-state index contributed by atoms with van der Waals surface area (Å²) in [7, 11) is 0. The van der Waals surface area contributed by atoms with Crippen molar-refractivity contribution in [3.63, 3.8) is 0 Å². The summed E-state index contributed by atoms with van der Waals surface area (Å²) in [6, 6.07) is 14.4. The number of rotatable bonds is 6. The Hall–Kier alpha value is -2.40. The summed E-state index contributed by atoms with van der Waals surface area (Å²) >= 11 is 0. The van der Waals surface area contributed by atoms with E-state index >= 15 is 0 Å². The molecule has 2 rings (SSSR count). The van der Waals surface area contributed by atoms with Crippen molar-refractivity contribution in [2.45, 2.75) is 25.9 Å². The van der Waals surface area contributed by atoms with Gasteiger partial charge in [0.05, 0.1) is 0 Å². The molecular formula is C16H20N4O. The van der Waals surface area contributed by atoms with Gasteiger partial charge in [-0.3, -0.25) is 4.98 Å². The lowest BCUT2D eigenvalue weighted by Crippen LogP contribution is -2.21. The molecule has 0 aliphatic heterocycles. The average molecular weight is 284 g/mol. The molecule has 0 radical (unpaired) electrons. The van der Waals surface area contributed by atoms with Crippen LogP contribution in [0, 0.1) is 0 Å². The van der Waals surface area contributed by atoms with Gasteiger partial charge in [0.15, 0.2) is 5.84 Å². The van der Waals surface area contributed by atoms with Gasteiger partial charge in [-0.25, -0.2) is 0 Å². The Morgan fingerprint density at radius 2 is 2.10 bits per heavy atom. The molecule has 0 aliphatic rings. The molecule has 0 saturated carbocycles. The lowest BCUT2D eigenvalue weighted by Gasteiger charge is -2.17. The number of hydrogen-bond acceptors (Lipinski definition) is 4. The van der Waals surface area contributed by atoms with Gasteiger partial charge in [-0.1, -0.05) is 42.4 Å². The standard InChI is InChI=1S/C16H20N4O/c1-2-14(13-6-4-3-5-7-13)19-11-12-8-9-18-15(10-12)16(17)20-21/h3-10,14,19,21H,2,11H2,1H3,(H2,17,20). The number of nitrogens with two attached hydrogens (primary N) is 1. The quantitative estimate of drug-likeness (QED) is 0.329. The molecular weight excluding hydrogens is 264 g/mol. The normalized spacial score (nSPS) is 13.1. The molecule has 1 unspecified atom stereocenters. The number of oxime groups is 1. The summed E-state index contributed by atoms with van der Waals surface area (Å²) in [6.45, 7) is 2.85. The molecule has 5 heteroatoms. The van der Waals surface area contributed by atoms with Crippen molar-refractivity contribution in [2.24, 2.45) is 10.9 Å². The summed E-state index contributed by atoms with van der Waals surface area (Å²) in [5.41, 5.74) is 8.34. The second-order valence-corrected chi connectivity index (χ2v) is 4.79. The number of amidine groups is 1. The number of aromatic nitrogens is 1. The molecule has 110 valence electrons. The van der Waals surface area contributed by atoms with Crippen molar-refractivity contribution in [3.05, 3.63) is 65.5 Å². The fraction of sp³-hybridized carbons (Fsp3) is 0.250. The highest BCUT2D eigenvalue weighted by Gasteiger charge is 2.08. The van der Waals surface area contributed by atoms with Crippen LogP contribution in [0.25, 0.3) is 0 Å². The Morgan fingerprint density at radius 3 is 2.76 bits per heavy atom. The molecule has 0 bridgehead atoms. The van der Waals surface area contributed by atoms with Crippen LogP contribution >= 0.6 is 0 Å². The topological polar surface area (TPSA) is 83.5 Å². The van der Waals surface area contributed by atoms with E-state index in [0.29, 0.717) is 18.3 Å². The first kappa shape index (κ1) is 15.0. The van der Waals surface area contributed by atoms with E-state index < -0.39 is 0 Å². The largest absolute Gasteiger partial charge is 0.409 e. The molecule has 0 amide bonds. The van der Waals surface area contributed by atoms with Crippen LogP contribution in [0.1, 0.15) is 36.2 Å². The zero-order valence-electron chi connectivity index (χ0n) is 12.0. The highest BCUT2D eigenvalue weighted by molar-refractivity contribution is 5.95. The SMILES string of the molecule is CCC(NCc1ccnc(C(N)=NO)c1)c1ccccc1.